The van der Waals surface area contributed by atoms with Crippen molar-refractivity contribution in [3.05, 3.63) is 40.5 Å². The molecule has 0 fully saturated rings. The van der Waals surface area contributed by atoms with E-state index in [-0.39, 0.29) is 0 Å². The fraction of sp³-hybridized carbons (Fsp3) is 0.375. The van der Waals surface area contributed by atoms with Crippen LogP contribution in [0.2, 0.25) is 0 Å². The lowest BCUT2D eigenvalue weighted by Crippen LogP contribution is -2.21. The molecule has 0 bridgehead atoms. The van der Waals surface area contributed by atoms with Crippen LogP contribution in [0.25, 0.3) is 0 Å². The number of unbranched alkanes of at least 4 members (excludes halogenated alkanes) is 1. The Morgan fingerprint density at radius 2 is 2.00 bits per heavy atom. The molecule has 4 nitrogen and oxygen atoms in total. The molecule has 0 unspecified atom stereocenters. The van der Waals surface area contributed by atoms with Gasteiger partial charge in [-0.25, -0.2) is 4.98 Å². The van der Waals surface area contributed by atoms with E-state index in [1.54, 1.807) is 0 Å². The lowest BCUT2D eigenvalue weighted by molar-refractivity contribution is 0.749. The van der Waals surface area contributed by atoms with Crippen molar-refractivity contribution in [3.8, 4) is 0 Å². The van der Waals surface area contributed by atoms with Crippen molar-refractivity contribution in [1.82, 2.24) is 9.97 Å². The number of nitrogens with zero attached hydrogens (tertiary/aromatic N) is 3. The SMILES string of the molecule is CCCCN(C)c1nc(C)cc(Nc2ccccc2Br)n1. The Morgan fingerprint density at radius 3 is 2.71 bits per heavy atom. The molecule has 2 rings (SSSR count). The first-order valence-electron chi connectivity index (χ1n) is 7.18. The third-order valence-electron chi connectivity index (χ3n) is 3.17. The Balaban J connectivity index is 2.21. The maximum Gasteiger partial charge on any atom is 0.227 e. The van der Waals surface area contributed by atoms with Crippen LogP contribution in [-0.4, -0.2) is 23.6 Å². The van der Waals surface area contributed by atoms with Crippen molar-refractivity contribution >= 4 is 33.4 Å². The standard InChI is InChI=1S/C16H21BrN4/c1-4-5-10-21(3)16-18-12(2)11-15(20-16)19-14-9-7-6-8-13(14)17/h6-9,11H,4-5,10H2,1-3H3,(H,18,19,20). The van der Waals surface area contributed by atoms with Gasteiger partial charge in [0.2, 0.25) is 5.95 Å². The highest BCUT2D eigenvalue weighted by Crippen LogP contribution is 2.25. The first-order chi connectivity index (χ1) is 10.1. The van der Waals surface area contributed by atoms with Gasteiger partial charge in [0.05, 0.1) is 5.69 Å². The molecule has 0 spiro atoms. The zero-order valence-electron chi connectivity index (χ0n) is 12.7. The van der Waals surface area contributed by atoms with E-state index in [4.69, 9.17) is 0 Å². The molecule has 2 aromatic rings. The van der Waals surface area contributed by atoms with Crippen LogP contribution in [-0.2, 0) is 0 Å². The molecular weight excluding hydrogens is 328 g/mol. The summed E-state index contributed by atoms with van der Waals surface area (Å²) in [6.45, 7) is 5.14. The summed E-state index contributed by atoms with van der Waals surface area (Å²) < 4.78 is 1.02. The quantitative estimate of drug-likeness (QED) is 0.832. The van der Waals surface area contributed by atoms with E-state index in [0.29, 0.717) is 0 Å². The van der Waals surface area contributed by atoms with E-state index < -0.39 is 0 Å². The van der Waals surface area contributed by atoms with E-state index in [2.05, 4.69) is 43.0 Å². The summed E-state index contributed by atoms with van der Waals surface area (Å²) in [5.41, 5.74) is 1.95. The molecule has 1 aromatic carbocycles. The van der Waals surface area contributed by atoms with E-state index in [9.17, 15) is 0 Å². The highest BCUT2D eigenvalue weighted by atomic mass is 79.9. The van der Waals surface area contributed by atoms with Gasteiger partial charge in [-0.3, -0.25) is 0 Å². The molecule has 0 saturated carbocycles. The first-order valence-corrected chi connectivity index (χ1v) is 7.98. The van der Waals surface area contributed by atoms with E-state index in [0.717, 1.165) is 47.0 Å². The van der Waals surface area contributed by atoms with Gasteiger partial charge in [-0.15, -0.1) is 0 Å². The minimum absolute atomic E-state index is 0.762. The third kappa shape index (κ3) is 4.43. The number of rotatable bonds is 6. The average Bonchev–Trinajstić information content (AvgIpc) is 2.46. The summed E-state index contributed by atoms with van der Waals surface area (Å²) in [6, 6.07) is 9.96. The largest absolute Gasteiger partial charge is 0.344 e. The summed E-state index contributed by atoms with van der Waals surface area (Å²) in [5, 5.41) is 3.34. The monoisotopic (exact) mass is 348 g/mol. The van der Waals surface area contributed by atoms with Crippen molar-refractivity contribution in [2.24, 2.45) is 0 Å². The Morgan fingerprint density at radius 1 is 1.24 bits per heavy atom. The van der Waals surface area contributed by atoms with Crippen LogP contribution in [0.15, 0.2) is 34.8 Å². The topological polar surface area (TPSA) is 41.1 Å². The van der Waals surface area contributed by atoms with E-state index in [1.165, 1.54) is 0 Å². The van der Waals surface area contributed by atoms with Gasteiger partial charge in [0.15, 0.2) is 0 Å². The average molecular weight is 349 g/mol. The van der Waals surface area contributed by atoms with E-state index in [1.807, 2.05) is 44.3 Å². The van der Waals surface area contributed by atoms with Gasteiger partial charge in [-0.05, 0) is 41.4 Å². The van der Waals surface area contributed by atoms with Gasteiger partial charge in [0.1, 0.15) is 5.82 Å². The fourth-order valence-corrected chi connectivity index (χ4v) is 2.37. The van der Waals surface area contributed by atoms with Gasteiger partial charge in [0, 0.05) is 29.8 Å². The van der Waals surface area contributed by atoms with Gasteiger partial charge in [-0.1, -0.05) is 25.5 Å². The van der Waals surface area contributed by atoms with Crippen LogP contribution in [0.3, 0.4) is 0 Å². The number of hydrogen-bond acceptors (Lipinski definition) is 4. The smallest absolute Gasteiger partial charge is 0.227 e. The molecule has 0 amide bonds. The minimum atomic E-state index is 0.762. The maximum atomic E-state index is 4.61. The molecule has 21 heavy (non-hydrogen) atoms. The van der Waals surface area contributed by atoms with Crippen molar-refractivity contribution in [2.45, 2.75) is 26.7 Å². The number of benzene rings is 1. The van der Waals surface area contributed by atoms with Crippen LogP contribution in [0.5, 0.6) is 0 Å². The first kappa shape index (κ1) is 15.8. The fourth-order valence-electron chi connectivity index (χ4n) is 1.98. The van der Waals surface area contributed by atoms with Crippen LogP contribution in [0.1, 0.15) is 25.5 Å². The summed E-state index contributed by atoms with van der Waals surface area (Å²) in [7, 11) is 2.03. The van der Waals surface area contributed by atoms with Crippen LogP contribution >= 0.6 is 15.9 Å². The predicted octanol–water partition coefficient (Wildman–Crippen LogP) is 4.53. The molecule has 0 aliphatic carbocycles. The molecule has 0 aliphatic rings. The van der Waals surface area contributed by atoms with Gasteiger partial charge < -0.3 is 10.2 Å². The second-order valence-electron chi connectivity index (χ2n) is 5.07. The second-order valence-corrected chi connectivity index (χ2v) is 5.93. The molecule has 0 radical (unpaired) electrons. The van der Waals surface area contributed by atoms with Crippen molar-refractivity contribution in [3.63, 3.8) is 0 Å². The lowest BCUT2D eigenvalue weighted by Gasteiger charge is -2.18. The molecule has 5 heteroatoms. The number of halogens is 1. The number of anilines is 3. The van der Waals surface area contributed by atoms with Gasteiger partial charge >= 0.3 is 0 Å². The number of hydrogen-bond donors (Lipinski definition) is 1. The molecule has 0 aliphatic heterocycles. The van der Waals surface area contributed by atoms with Crippen molar-refractivity contribution < 1.29 is 0 Å². The highest BCUT2D eigenvalue weighted by molar-refractivity contribution is 9.10. The number of para-hydroxylation sites is 1. The van der Waals surface area contributed by atoms with Crippen LogP contribution in [0, 0.1) is 6.92 Å². The molecule has 0 saturated heterocycles. The molecular formula is C16H21BrN4. The maximum absolute atomic E-state index is 4.61. The minimum Gasteiger partial charge on any atom is -0.344 e. The normalized spacial score (nSPS) is 10.5. The second kappa shape index (κ2) is 7.41. The van der Waals surface area contributed by atoms with Gasteiger partial charge in [0.25, 0.3) is 0 Å². The highest BCUT2D eigenvalue weighted by Gasteiger charge is 2.08. The van der Waals surface area contributed by atoms with Gasteiger partial charge in [-0.2, -0.15) is 4.98 Å². The molecule has 1 heterocycles. The summed E-state index contributed by atoms with van der Waals surface area (Å²) in [6.07, 6.45) is 2.30. The molecule has 1 N–H and O–H groups in total. The zero-order chi connectivity index (χ0) is 15.2. The molecule has 0 atom stereocenters. The van der Waals surface area contributed by atoms with Crippen LogP contribution in [0.4, 0.5) is 17.5 Å². The number of nitrogens with one attached hydrogen (secondary N) is 1. The van der Waals surface area contributed by atoms with Crippen LogP contribution < -0.4 is 10.2 Å². The Bertz CT molecular complexity index is 601. The Hall–Kier alpha value is -1.62. The Labute approximate surface area is 134 Å². The summed E-state index contributed by atoms with van der Waals surface area (Å²) in [5.74, 6) is 1.57. The lowest BCUT2D eigenvalue weighted by atomic mass is 10.3. The predicted molar refractivity (Wildman–Crippen MR) is 92.4 cm³/mol. The van der Waals surface area contributed by atoms with Crippen molar-refractivity contribution in [2.75, 3.05) is 23.8 Å². The van der Waals surface area contributed by atoms with E-state index >= 15 is 0 Å². The Kier molecular flexibility index (Phi) is 5.56. The van der Waals surface area contributed by atoms with Crippen molar-refractivity contribution in [1.29, 1.82) is 0 Å². The number of aromatic nitrogens is 2. The summed E-state index contributed by atoms with van der Waals surface area (Å²) >= 11 is 3.54. The molecule has 1 aromatic heterocycles. The summed E-state index contributed by atoms with van der Waals surface area (Å²) in [4.78, 5) is 11.2. The zero-order valence-corrected chi connectivity index (χ0v) is 14.3. The molecule has 112 valence electrons. The third-order valence-corrected chi connectivity index (χ3v) is 3.86. The number of aryl methyl sites for hydroxylation is 1.